The Morgan fingerprint density at radius 2 is 2.50 bits per heavy atom. The molecule has 3 rings (SSSR count). The van der Waals surface area contributed by atoms with Crippen LogP contribution in [-0.2, 0) is 4.84 Å². The van der Waals surface area contributed by atoms with Crippen molar-refractivity contribution in [2.75, 3.05) is 6.54 Å². The van der Waals surface area contributed by atoms with Gasteiger partial charge in [-0.25, -0.2) is 0 Å². The summed E-state index contributed by atoms with van der Waals surface area (Å²) in [6.45, 7) is 0.942. The first-order chi connectivity index (χ1) is 6.95. The van der Waals surface area contributed by atoms with Crippen LogP contribution in [0.25, 0.3) is 11.8 Å². The Hall–Kier alpha value is -1.35. The molecule has 3 heteroatoms. The van der Waals surface area contributed by atoms with Gasteiger partial charge in [0.25, 0.3) is 0 Å². The summed E-state index contributed by atoms with van der Waals surface area (Å²) in [6, 6.07) is 4.04. The highest BCUT2D eigenvalue weighted by atomic mass is 16.6. The molecule has 14 heavy (non-hydrogen) atoms. The van der Waals surface area contributed by atoms with Crippen molar-refractivity contribution >= 4 is 11.8 Å². The largest absolute Gasteiger partial charge is 0.412 e. The molecule has 1 atom stereocenters. The third kappa shape index (κ3) is 1.13. The highest BCUT2D eigenvalue weighted by Gasteiger charge is 2.23. The number of hydrogen-bond donors (Lipinski definition) is 1. The van der Waals surface area contributed by atoms with Crippen LogP contribution >= 0.6 is 0 Å². The second-order valence-corrected chi connectivity index (χ2v) is 3.72. The monoisotopic (exact) mass is 188 g/mol. The van der Waals surface area contributed by atoms with Gasteiger partial charge in [0, 0.05) is 23.9 Å². The lowest BCUT2D eigenvalue weighted by Crippen LogP contribution is -2.40. The van der Waals surface area contributed by atoms with E-state index in [9.17, 15) is 0 Å². The molecular formula is C11H12N2O. The predicted octanol–water partition coefficient (Wildman–Crippen LogP) is -0.0849. The number of hydrogen-bond acceptors (Lipinski definition) is 3. The quantitative estimate of drug-likeness (QED) is 0.618. The molecule has 1 aromatic heterocycles. The van der Waals surface area contributed by atoms with Crippen molar-refractivity contribution in [1.82, 2.24) is 10.5 Å². The van der Waals surface area contributed by atoms with Gasteiger partial charge in [-0.2, -0.15) is 5.48 Å². The van der Waals surface area contributed by atoms with E-state index >= 15 is 0 Å². The van der Waals surface area contributed by atoms with Gasteiger partial charge in [-0.3, -0.25) is 4.98 Å². The van der Waals surface area contributed by atoms with Crippen molar-refractivity contribution in [3.8, 4) is 0 Å². The maximum atomic E-state index is 5.52. The number of aromatic nitrogens is 1. The minimum absolute atomic E-state index is 0.549. The van der Waals surface area contributed by atoms with Gasteiger partial charge in [0.2, 0.25) is 0 Å². The Morgan fingerprint density at radius 1 is 1.50 bits per heavy atom. The molecule has 72 valence electrons. The van der Waals surface area contributed by atoms with Gasteiger partial charge in [-0.15, -0.1) is 0 Å². The maximum Gasteiger partial charge on any atom is 0.137 e. The van der Waals surface area contributed by atoms with E-state index in [0.717, 1.165) is 35.7 Å². The lowest BCUT2D eigenvalue weighted by atomic mass is 9.93. The fraction of sp³-hybridized carbons (Fsp3) is 0.364. The van der Waals surface area contributed by atoms with E-state index in [1.807, 2.05) is 12.3 Å². The SMILES string of the molecule is C1=c2ncccc2=C2ONCCC2C1. The Kier molecular flexibility index (Phi) is 1.77. The summed E-state index contributed by atoms with van der Waals surface area (Å²) in [5, 5.41) is 2.21. The van der Waals surface area contributed by atoms with Gasteiger partial charge in [0.05, 0.1) is 5.35 Å². The molecule has 0 radical (unpaired) electrons. The molecule has 3 nitrogen and oxygen atoms in total. The minimum atomic E-state index is 0.549. The van der Waals surface area contributed by atoms with Crippen LogP contribution in [0.3, 0.4) is 0 Å². The van der Waals surface area contributed by atoms with Crippen LogP contribution in [0.1, 0.15) is 12.8 Å². The molecule has 1 saturated heterocycles. The molecule has 0 amide bonds. The van der Waals surface area contributed by atoms with Crippen molar-refractivity contribution in [1.29, 1.82) is 0 Å². The number of hydroxylamine groups is 1. The van der Waals surface area contributed by atoms with Crippen LogP contribution in [0, 0.1) is 5.92 Å². The minimum Gasteiger partial charge on any atom is -0.412 e. The molecule has 1 aliphatic heterocycles. The van der Waals surface area contributed by atoms with Crippen LogP contribution in [0.5, 0.6) is 0 Å². The summed E-state index contributed by atoms with van der Waals surface area (Å²) in [5.74, 6) is 1.62. The summed E-state index contributed by atoms with van der Waals surface area (Å²) >= 11 is 0. The average molecular weight is 188 g/mol. The molecule has 1 aromatic rings. The predicted molar refractivity (Wildman–Crippen MR) is 53.2 cm³/mol. The summed E-state index contributed by atoms with van der Waals surface area (Å²) in [4.78, 5) is 9.84. The summed E-state index contributed by atoms with van der Waals surface area (Å²) in [6.07, 6.45) is 6.24. The van der Waals surface area contributed by atoms with Gasteiger partial charge >= 0.3 is 0 Å². The third-order valence-corrected chi connectivity index (χ3v) is 2.85. The van der Waals surface area contributed by atoms with E-state index in [0.29, 0.717) is 5.92 Å². The zero-order valence-corrected chi connectivity index (χ0v) is 7.86. The summed E-state index contributed by atoms with van der Waals surface area (Å²) < 4.78 is 0. The smallest absolute Gasteiger partial charge is 0.137 e. The first kappa shape index (κ1) is 8.00. The molecule has 1 N–H and O–H groups in total. The molecule has 0 bridgehead atoms. The fourth-order valence-electron chi connectivity index (χ4n) is 2.12. The molecule has 1 fully saturated rings. The van der Waals surface area contributed by atoms with Crippen LogP contribution in [0.15, 0.2) is 18.3 Å². The van der Waals surface area contributed by atoms with E-state index in [1.165, 1.54) is 0 Å². The normalized spacial score (nSPS) is 24.3. The van der Waals surface area contributed by atoms with Crippen molar-refractivity contribution in [2.24, 2.45) is 5.92 Å². The summed E-state index contributed by atoms with van der Waals surface area (Å²) in [7, 11) is 0. The lowest BCUT2D eigenvalue weighted by Gasteiger charge is -2.26. The Morgan fingerprint density at radius 3 is 3.50 bits per heavy atom. The van der Waals surface area contributed by atoms with Gasteiger partial charge < -0.3 is 4.84 Å². The van der Waals surface area contributed by atoms with Crippen molar-refractivity contribution in [3.63, 3.8) is 0 Å². The zero-order chi connectivity index (χ0) is 9.38. The van der Waals surface area contributed by atoms with Crippen LogP contribution in [-0.4, -0.2) is 11.5 Å². The maximum absolute atomic E-state index is 5.52. The van der Waals surface area contributed by atoms with Crippen LogP contribution in [0.2, 0.25) is 0 Å². The van der Waals surface area contributed by atoms with Crippen molar-refractivity contribution in [3.05, 3.63) is 28.9 Å². The Labute approximate surface area is 82.1 Å². The first-order valence-corrected chi connectivity index (χ1v) is 5.00. The van der Waals surface area contributed by atoms with Gasteiger partial charge in [-0.1, -0.05) is 6.08 Å². The summed E-state index contributed by atoms with van der Waals surface area (Å²) in [5.41, 5.74) is 2.95. The molecule has 0 aromatic carbocycles. The number of nitrogens with one attached hydrogen (secondary N) is 1. The number of pyridine rings is 1. The highest BCUT2D eigenvalue weighted by Crippen LogP contribution is 2.24. The fourth-order valence-corrected chi connectivity index (χ4v) is 2.12. The van der Waals surface area contributed by atoms with E-state index in [1.54, 1.807) is 0 Å². The second kappa shape index (κ2) is 3.10. The van der Waals surface area contributed by atoms with Gasteiger partial charge in [-0.05, 0) is 25.0 Å². The molecule has 0 spiro atoms. The highest BCUT2D eigenvalue weighted by molar-refractivity contribution is 5.47. The van der Waals surface area contributed by atoms with E-state index in [4.69, 9.17) is 4.84 Å². The number of nitrogens with zero attached hydrogens (tertiary/aromatic N) is 1. The lowest BCUT2D eigenvalue weighted by molar-refractivity contribution is 0.100. The number of fused-ring (bicyclic) bond motifs is 2. The molecular weight excluding hydrogens is 176 g/mol. The van der Waals surface area contributed by atoms with Crippen molar-refractivity contribution < 1.29 is 4.84 Å². The number of rotatable bonds is 0. The van der Waals surface area contributed by atoms with E-state index in [-0.39, 0.29) is 0 Å². The van der Waals surface area contributed by atoms with E-state index in [2.05, 4.69) is 22.6 Å². The molecule has 0 saturated carbocycles. The van der Waals surface area contributed by atoms with Crippen LogP contribution in [0.4, 0.5) is 0 Å². The average Bonchev–Trinajstić information content (AvgIpc) is 2.29. The van der Waals surface area contributed by atoms with Crippen molar-refractivity contribution in [2.45, 2.75) is 12.8 Å². The molecule has 1 unspecified atom stereocenters. The van der Waals surface area contributed by atoms with Gasteiger partial charge in [0.1, 0.15) is 5.76 Å². The first-order valence-electron chi connectivity index (χ1n) is 5.00. The Bertz CT molecular complexity index is 466. The Balaban J connectivity index is 2.27. The molecule has 2 aliphatic rings. The van der Waals surface area contributed by atoms with Gasteiger partial charge in [0.15, 0.2) is 0 Å². The third-order valence-electron chi connectivity index (χ3n) is 2.85. The van der Waals surface area contributed by atoms with E-state index < -0.39 is 0 Å². The zero-order valence-electron chi connectivity index (χ0n) is 7.86. The second-order valence-electron chi connectivity index (χ2n) is 3.72. The topological polar surface area (TPSA) is 34.1 Å². The van der Waals surface area contributed by atoms with Crippen LogP contribution < -0.4 is 16.0 Å². The standard InChI is InChI=1S/C11H12N2O/c1-2-9-10(12-6-1)4-3-8-5-7-13-14-11(8)9/h1-2,4,6,8,13H,3,5,7H2. The molecule has 1 aliphatic carbocycles. The molecule has 2 heterocycles.